The number of nitrogens with zero attached hydrogens (tertiary/aromatic N) is 3. The molecule has 0 unspecified atom stereocenters. The van der Waals surface area contributed by atoms with E-state index in [9.17, 15) is 0 Å². The molecule has 1 heterocycles. The van der Waals surface area contributed by atoms with E-state index in [1.54, 1.807) is 0 Å². The molecule has 0 aliphatic heterocycles. The Kier molecular flexibility index (Phi) is 8.81. The van der Waals surface area contributed by atoms with Gasteiger partial charge in [0.05, 0.1) is 18.8 Å². The number of aryl methyl sites for hydroxylation is 1. The van der Waals surface area contributed by atoms with Gasteiger partial charge in [-0.25, -0.2) is 4.99 Å². The molecule has 0 aliphatic carbocycles. The molecule has 0 bridgehead atoms. The third-order valence-electron chi connectivity index (χ3n) is 3.79. The maximum atomic E-state index is 4.68. The average molecular weight is 441 g/mol. The van der Waals surface area contributed by atoms with E-state index in [1.165, 1.54) is 16.8 Å². The molecule has 6 heteroatoms. The Morgan fingerprint density at radius 1 is 1.08 bits per heavy atom. The number of aromatic nitrogens is 2. The highest BCUT2D eigenvalue weighted by molar-refractivity contribution is 14.0. The number of halogens is 1. The summed E-state index contributed by atoms with van der Waals surface area (Å²) in [6.45, 7) is 11.5. The van der Waals surface area contributed by atoms with Crippen LogP contribution in [0.4, 0.5) is 0 Å². The second-order valence-corrected chi connectivity index (χ2v) is 5.52. The predicted molar refractivity (Wildman–Crippen MR) is 111 cm³/mol. The first-order valence-corrected chi connectivity index (χ1v) is 8.24. The molecule has 2 N–H and O–H groups in total. The Hall–Kier alpha value is -1.57. The molecule has 5 nitrogen and oxygen atoms in total. The van der Waals surface area contributed by atoms with Crippen LogP contribution in [0.5, 0.6) is 0 Å². The van der Waals surface area contributed by atoms with Crippen molar-refractivity contribution < 1.29 is 0 Å². The van der Waals surface area contributed by atoms with Crippen LogP contribution in [0, 0.1) is 13.8 Å². The summed E-state index contributed by atoms with van der Waals surface area (Å²) in [6, 6.07) is 10.4. The molecule has 0 fully saturated rings. The van der Waals surface area contributed by atoms with Crippen LogP contribution in [0.1, 0.15) is 36.4 Å². The number of rotatable bonds is 6. The molecule has 0 amide bonds. The number of nitrogens with one attached hydrogen (secondary N) is 2. The Labute approximate surface area is 162 Å². The Balaban J connectivity index is 0.00000288. The molecule has 24 heavy (non-hydrogen) atoms. The average Bonchev–Trinajstić information content (AvgIpc) is 2.80. The van der Waals surface area contributed by atoms with E-state index in [-0.39, 0.29) is 24.0 Å². The lowest BCUT2D eigenvalue weighted by Gasteiger charge is -2.09. The van der Waals surface area contributed by atoms with Crippen molar-refractivity contribution in [2.45, 2.75) is 40.8 Å². The Morgan fingerprint density at radius 2 is 1.71 bits per heavy atom. The van der Waals surface area contributed by atoms with E-state index in [2.05, 4.69) is 77.4 Å². The molecule has 0 atom stereocenters. The molecule has 1 aromatic heterocycles. The van der Waals surface area contributed by atoms with E-state index in [4.69, 9.17) is 0 Å². The number of hydrogen-bond donors (Lipinski definition) is 2. The zero-order valence-electron chi connectivity index (χ0n) is 15.0. The summed E-state index contributed by atoms with van der Waals surface area (Å²) in [4.78, 5) is 4.66. The van der Waals surface area contributed by atoms with Gasteiger partial charge in [-0.3, -0.25) is 4.68 Å². The summed E-state index contributed by atoms with van der Waals surface area (Å²) < 4.78 is 2.07. The van der Waals surface area contributed by atoms with E-state index in [0.29, 0.717) is 6.54 Å². The van der Waals surface area contributed by atoms with Crippen LogP contribution in [-0.2, 0) is 13.1 Å². The monoisotopic (exact) mass is 441 g/mol. The van der Waals surface area contributed by atoms with E-state index in [1.807, 2.05) is 6.07 Å². The largest absolute Gasteiger partial charge is 0.357 e. The van der Waals surface area contributed by atoms with Crippen molar-refractivity contribution in [3.05, 3.63) is 52.8 Å². The van der Waals surface area contributed by atoms with Gasteiger partial charge in [-0.15, -0.1) is 24.0 Å². The zero-order valence-corrected chi connectivity index (χ0v) is 17.3. The standard InChI is InChI=1S/C18H27N5.HI/c1-5-19-18(20-6-2)21-12-17-14(3)22-23(15(17)4)13-16-10-8-7-9-11-16;/h7-11H,5-6,12-13H2,1-4H3,(H2,19,20,21);1H. The van der Waals surface area contributed by atoms with Gasteiger partial charge >= 0.3 is 0 Å². The number of aliphatic imine (C=N–C) groups is 1. The van der Waals surface area contributed by atoms with Gasteiger partial charge in [-0.1, -0.05) is 30.3 Å². The second-order valence-electron chi connectivity index (χ2n) is 5.52. The fourth-order valence-corrected chi connectivity index (χ4v) is 2.54. The lowest BCUT2D eigenvalue weighted by atomic mass is 10.2. The molecule has 132 valence electrons. The van der Waals surface area contributed by atoms with Crippen LogP contribution >= 0.6 is 24.0 Å². The smallest absolute Gasteiger partial charge is 0.191 e. The number of guanidine groups is 1. The van der Waals surface area contributed by atoms with Crippen molar-refractivity contribution in [2.75, 3.05) is 13.1 Å². The van der Waals surface area contributed by atoms with Gasteiger partial charge in [-0.05, 0) is 33.3 Å². The molecule has 0 saturated carbocycles. The topological polar surface area (TPSA) is 54.2 Å². The van der Waals surface area contributed by atoms with Crippen molar-refractivity contribution in [3.63, 3.8) is 0 Å². The highest BCUT2D eigenvalue weighted by Gasteiger charge is 2.11. The minimum Gasteiger partial charge on any atom is -0.357 e. The molecular weight excluding hydrogens is 413 g/mol. The molecular formula is C18H28IN5. The predicted octanol–water partition coefficient (Wildman–Crippen LogP) is 3.24. The first kappa shape index (κ1) is 20.5. The van der Waals surface area contributed by atoms with Crippen LogP contribution in [-0.4, -0.2) is 28.8 Å². The SMILES string of the molecule is CCNC(=NCc1c(C)nn(Cc2ccccc2)c1C)NCC.I. The third-order valence-corrected chi connectivity index (χ3v) is 3.79. The van der Waals surface area contributed by atoms with E-state index >= 15 is 0 Å². The Morgan fingerprint density at radius 3 is 2.29 bits per heavy atom. The molecule has 0 saturated heterocycles. The lowest BCUT2D eigenvalue weighted by Crippen LogP contribution is -2.37. The van der Waals surface area contributed by atoms with Crippen LogP contribution in [0.15, 0.2) is 35.3 Å². The van der Waals surface area contributed by atoms with Gasteiger partial charge in [0.15, 0.2) is 5.96 Å². The van der Waals surface area contributed by atoms with Crippen LogP contribution < -0.4 is 10.6 Å². The minimum absolute atomic E-state index is 0. The van der Waals surface area contributed by atoms with E-state index in [0.717, 1.165) is 31.3 Å². The molecule has 2 rings (SSSR count). The number of benzene rings is 1. The summed E-state index contributed by atoms with van der Waals surface area (Å²) in [6.07, 6.45) is 0. The maximum absolute atomic E-state index is 4.68. The summed E-state index contributed by atoms with van der Waals surface area (Å²) in [5, 5.41) is 11.2. The van der Waals surface area contributed by atoms with Gasteiger partial charge in [0.2, 0.25) is 0 Å². The summed E-state index contributed by atoms with van der Waals surface area (Å²) in [5.41, 5.74) is 4.69. The molecule has 0 aliphatic rings. The lowest BCUT2D eigenvalue weighted by molar-refractivity contribution is 0.658. The Bertz CT molecular complexity index is 641. The van der Waals surface area contributed by atoms with Gasteiger partial charge in [0, 0.05) is 24.3 Å². The third kappa shape index (κ3) is 5.51. The number of hydrogen-bond acceptors (Lipinski definition) is 2. The van der Waals surface area contributed by atoms with E-state index < -0.39 is 0 Å². The van der Waals surface area contributed by atoms with Crippen molar-refractivity contribution in [1.29, 1.82) is 0 Å². The van der Waals surface area contributed by atoms with Crippen LogP contribution in [0.3, 0.4) is 0 Å². The van der Waals surface area contributed by atoms with Crippen molar-refractivity contribution >= 4 is 29.9 Å². The first-order valence-electron chi connectivity index (χ1n) is 8.24. The molecule has 0 radical (unpaired) electrons. The maximum Gasteiger partial charge on any atom is 0.191 e. The summed E-state index contributed by atoms with van der Waals surface area (Å²) in [7, 11) is 0. The quantitative estimate of drug-likeness (QED) is 0.411. The zero-order chi connectivity index (χ0) is 16.7. The summed E-state index contributed by atoms with van der Waals surface area (Å²) in [5.74, 6) is 0.851. The van der Waals surface area contributed by atoms with Crippen LogP contribution in [0.2, 0.25) is 0 Å². The minimum atomic E-state index is 0. The first-order chi connectivity index (χ1) is 11.2. The van der Waals surface area contributed by atoms with Gasteiger partial charge < -0.3 is 10.6 Å². The van der Waals surface area contributed by atoms with Crippen molar-refractivity contribution in [1.82, 2.24) is 20.4 Å². The van der Waals surface area contributed by atoms with Gasteiger partial charge in [0.25, 0.3) is 0 Å². The fourth-order valence-electron chi connectivity index (χ4n) is 2.54. The summed E-state index contributed by atoms with van der Waals surface area (Å²) >= 11 is 0. The molecule has 2 aromatic rings. The van der Waals surface area contributed by atoms with Crippen molar-refractivity contribution in [2.24, 2.45) is 4.99 Å². The molecule has 1 aromatic carbocycles. The normalized spacial score (nSPS) is 10.0. The van der Waals surface area contributed by atoms with Gasteiger partial charge in [0.1, 0.15) is 0 Å². The second kappa shape index (κ2) is 10.3. The fraction of sp³-hybridized carbons (Fsp3) is 0.444. The highest BCUT2D eigenvalue weighted by Crippen LogP contribution is 2.15. The van der Waals surface area contributed by atoms with Gasteiger partial charge in [-0.2, -0.15) is 5.10 Å². The van der Waals surface area contributed by atoms with Crippen molar-refractivity contribution in [3.8, 4) is 0 Å². The van der Waals surface area contributed by atoms with Crippen LogP contribution in [0.25, 0.3) is 0 Å². The molecule has 0 spiro atoms. The highest BCUT2D eigenvalue weighted by atomic mass is 127.